The Morgan fingerprint density at radius 2 is 2.28 bits per heavy atom. The van der Waals surface area contributed by atoms with Gasteiger partial charge in [-0.1, -0.05) is 0 Å². The van der Waals surface area contributed by atoms with Gasteiger partial charge in [-0.2, -0.15) is 0 Å². The molecule has 0 bridgehead atoms. The lowest BCUT2D eigenvalue weighted by atomic mass is 10.2. The van der Waals surface area contributed by atoms with E-state index in [1.54, 1.807) is 19.4 Å². The Hall–Kier alpha value is -1.18. The molecule has 1 rings (SSSR count). The van der Waals surface area contributed by atoms with Crippen LogP contribution in [0.1, 0.15) is 10.4 Å². The number of hydrogen-bond acceptors (Lipinski definition) is 5. The number of anilines is 1. The molecule has 1 aromatic rings. The van der Waals surface area contributed by atoms with Crippen LogP contribution in [0.5, 0.6) is 0 Å². The van der Waals surface area contributed by atoms with Crippen LogP contribution in [0, 0.1) is 0 Å². The van der Waals surface area contributed by atoms with Gasteiger partial charge in [0.05, 0.1) is 25.4 Å². The molecule has 7 heteroatoms. The van der Waals surface area contributed by atoms with E-state index in [1.165, 1.54) is 0 Å². The third kappa shape index (κ3) is 4.99. The molecule has 0 atom stereocenters. The Morgan fingerprint density at radius 3 is 3.00 bits per heavy atom. The number of carbonyl (C=O) groups excluding carboxylic acids is 1. The Labute approximate surface area is 114 Å². The minimum absolute atomic E-state index is 0.205. The quantitative estimate of drug-likeness (QED) is 0.727. The van der Waals surface area contributed by atoms with Crippen LogP contribution >= 0.6 is 15.9 Å². The highest BCUT2D eigenvalue weighted by molar-refractivity contribution is 9.10. The summed E-state index contributed by atoms with van der Waals surface area (Å²) < 4.78 is 10.8. The largest absolute Gasteiger partial charge is 0.383 e. The van der Waals surface area contributed by atoms with Gasteiger partial charge in [-0.25, -0.2) is 4.98 Å². The zero-order valence-corrected chi connectivity index (χ0v) is 11.7. The number of nitrogens with zero attached hydrogens (tertiary/aromatic N) is 1. The van der Waals surface area contributed by atoms with Gasteiger partial charge in [0.25, 0.3) is 5.91 Å². The van der Waals surface area contributed by atoms with Crippen LogP contribution in [0.2, 0.25) is 0 Å². The highest BCUT2D eigenvalue weighted by atomic mass is 79.9. The Balaban J connectivity index is 2.34. The Morgan fingerprint density at radius 1 is 1.50 bits per heavy atom. The lowest BCUT2D eigenvalue weighted by molar-refractivity contribution is 0.0693. The van der Waals surface area contributed by atoms with E-state index in [0.717, 1.165) is 0 Å². The third-order valence-corrected chi connectivity index (χ3v) is 2.53. The van der Waals surface area contributed by atoms with Crippen LogP contribution in [0.3, 0.4) is 0 Å². The van der Waals surface area contributed by atoms with Gasteiger partial charge in [0, 0.05) is 24.3 Å². The summed E-state index contributed by atoms with van der Waals surface area (Å²) in [6, 6.07) is 1.63. The molecule has 1 aromatic heterocycles. The first-order valence-electron chi connectivity index (χ1n) is 5.41. The van der Waals surface area contributed by atoms with Crippen LogP contribution in [0.4, 0.5) is 5.82 Å². The number of carbonyl (C=O) groups is 1. The van der Waals surface area contributed by atoms with Crippen LogP contribution in [0.15, 0.2) is 16.7 Å². The lowest BCUT2D eigenvalue weighted by Gasteiger charge is -2.07. The number of nitrogen functional groups attached to an aromatic ring is 1. The number of nitrogens with two attached hydrogens (primary N) is 1. The average molecular weight is 318 g/mol. The number of halogens is 1. The number of methoxy groups -OCH3 is 1. The number of ether oxygens (including phenoxy) is 2. The lowest BCUT2D eigenvalue weighted by Crippen LogP contribution is -2.28. The van der Waals surface area contributed by atoms with Gasteiger partial charge in [0.2, 0.25) is 0 Å². The molecule has 0 aromatic carbocycles. The van der Waals surface area contributed by atoms with E-state index in [4.69, 9.17) is 15.2 Å². The first-order chi connectivity index (χ1) is 8.65. The Kier molecular flexibility index (Phi) is 6.63. The second-order valence-electron chi connectivity index (χ2n) is 3.45. The molecule has 0 aliphatic carbocycles. The maximum absolute atomic E-state index is 11.8. The normalized spacial score (nSPS) is 10.3. The van der Waals surface area contributed by atoms with Gasteiger partial charge < -0.3 is 20.5 Å². The highest BCUT2D eigenvalue weighted by Crippen LogP contribution is 2.15. The molecular weight excluding hydrogens is 302 g/mol. The molecule has 0 saturated heterocycles. The Bertz CT molecular complexity index is 401. The first-order valence-corrected chi connectivity index (χ1v) is 6.20. The number of pyridine rings is 1. The number of nitrogens with one attached hydrogen (secondary N) is 1. The zero-order valence-electron chi connectivity index (χ0n) is 10.1. The van der Waals surface area contributed by atoms with E-state index in [9.17, 15) is 4.79 Å². The van der Waals surface area contributed by atoms with Crippen molar-refractivity contribution in [3.63, 3.8) is 0 Å². The van der Waals surface area contributed by atoms with E-state index in [1.807, 2.05) is 0 Å². The SMILES string of the molecule is COCCOCCNC(=O)c1cc(Br)cnc1N. The monoisotopic (exact) mass is 317 g/mol. The number of aromatic nitrogens is 1. The molecule has 0 aliphatic rings. The fraction of sp³-hybridized carbons (Fsp3) is 0.455. The molecule has 3 N–H and O–H groups in total. The van der Waals surface area contributed by atoms with Crippen LogP contribution in [-0.4, -0.2) is 44.4 Å². The van der Waals surface area contributed by atoms with Gasteiger partial charge in [0.15, 0.2) is 0 Å². The number of hydrogen-bond donors (Lipinski definition) is 2. The second-order valence-corrected chi connectivity index (χ2v) is 4.36. The second kappa shape index (κ2) is 8.02. The fourth-order valence-electron chi connectivity index (χ4n) is 1.21. The summed E-state index contributed by atoms with van der Waals surface area (Å²) in [5.41, 5.74) is 5.97. The van der Waals surface area contributed by atoms with Crippen molar-refractivity contribution in [3.05, 3.63) is 22.3 Å². The molecule has 0 radical (unpaired) electrons. The summed E-state index contributed by atoms with van der Waals surface area (Å²) in [7, 11) is 1.61. The molecule has 1 amide bonds. The predicted molar refractivity (Wildman–Crippen MR) is 71.4 cm³/mol. The summed E-state index contributed by atoms with van der Waals surface area (Å²) in [5.74, 6) is -0.0624. The van der Waals surface area contributed by atoms with Crippen molar-refractivity contribution in [2.45, 2.75) is 0 Å². The van der Waals surface area contributed by atoms with Gasteiger partial charge in [-0.05, 0) is 22.0 Å². The summed E-state index contributed by atoms with van der Waals surface area (Å²) in [6.45, 7) is 1.88. The molecule has 6 nitrogen and oxygen atoms in total. The number of amides is 1. The highest BCUT2D eigenvalue weighted by Gasteiger charge is 2.10. The molecule has 0 saturated carbocycles. The molecule has 100 valence electrons. The summed E-state index contributed by atoms with van der Waals surface area (Å²) >= 11 is 3.24. The van der Waals surface area contributed by atoms with Crippen LogP contribution in [-0.2, 0) is 9.47 Å². The van der Waals surface area contributed by atoms with Crippen molar-refractivity contribution in [1.82, 2.24) is 10.3 Å². The van der Waals surface area contributed by atoms with Gasteiger partial charge >= 0.3 is 0 Å². The van der Waals surface area contributed by atoms with Gasteiger partial charge in [-0.3, -0.25) is 4.79 Å². The van der Waals surface area contributed by atoms with E-state index in [-0.39, 0.29) is 11.7 Å². The maximum atomic E-state index is 11.8. The van der Waals surface area contributed by atoms with Crippen LogP contribution in [0.25, 0.3) is 0 Å². The van der Waals surface area contributed by atoms with E-state index >= 15 is 0 Å². The molecular formula is C11H16BrN3O3. The summed E-state index contributed by atoms with van der Waals surface area (Å²) in [4.78, 5) is 15.7. The molecule has 1 heterocycles. The summed E-state index contributed by atoms with van der Waals surface area (Å²) in [5, 5.41) is 2.70. The van der Waals surface area contributed by atoms with Crippen molar-refractivity contribution < 1.29 is 14.3 Å². The predicted octanol–water partition coefficient (Wildman–Crippen LogP) is 0.819. The first kappa shape index (κ1) is 14.9. The fourth-order valence-corrected chi connectivity index (χ4v) is 1.54. The van der Waals surface area contributed by atoms with Gasteiger partial charge in [0.1, 0.15) is 5.82 Å². The maximum Gasteiger partial charge on any atom is 0.255 e. The average Bonchev–Trinajstić information content (AvgIpc) is 2.36. The molecule has 0 fully saturated rings. The summed E-state index contributed by atoms with van der Waals surface area (Å²) in [6.07, 6.45) is 1.54. The van der Waals surface area contributed by atoms with Crippen molar-refractivity contribution in [1.29, 1.82) is 0 Å². The zero-order chi connectivity index (χ0) is 13.4. The van der Waals surface area contributed by atoms with Crippen molar-refractivity contribution >= 4 is 27.7 Å². The molecule has 0 aliphatic heterocycles. The van der Waals surface area contributed by atoms with E-state index in [0.29, 0.717) is 36.4 Å². The van der Waals surface area contributed by atoms with E-state index < -0.39 is 0 Å². The van der Waals surface area contributed by atoms with Crippen molar-refractivity contribution in [3.8, 4) is 0 Å². The number of rotatable bonds is 7. The minimum atomic E-state index is -0.267. The molecule has 0 unspecified atom stereocenters. The molecule has 18 heavy (non-hydrogen) atoms. The third-order valence-electron chi connectivity index (χ3n) is 2.09. The van der Waals surface area contributed by atoms with Crippen molar-refractivity contribution in [2.24, 2.45) is 0 Å². The van der Waals surface area contributed by atoms with Crippen LogP contribution < -0.4 is 11.1 Å². The van der Waals surface area contributed by atoms with E-state index in [2.05, 4.69) is 26.2 Å². The minimum Gasteiger partial charge on any atom is -0.383 e. The smallest absolute Gasteiger partial charge is 0.255 e. The van der Waals surface area contributed by atoms with Gasteiger partial charge in [-0.15, -0.1) is 0 Å². The standard InChI is InChI=1S/C11H16BrN3O3/c1-17-4-5-18-3-2-14-11(16)9-6-8(12)7-15-10(9)13/h6-7H,2-5H2,1H3,(H2,13,15)(H,14,16). The molecule has 0 spiro atoms. The topological polar surface area (TPSA) is 86.5 Å². The van der Waals surface area contributed by atoms with Crippen molar-refractivity contribution in [2.75, 3.05) is 39.2 Å².